The van der Waals surface area contributed by atoms with Crippen molar-refractivity contribution in [2.75, 3.05) is 38.1 Å². The number of aromatic nitrogens is 3. The van der Waals surface area contributed by atoms with Crippen LogP contribution in [-0.2, 0) is 6.18 Å². The molecule has 3 aromatic rings. The zero-order valence-corrected chi connectivity index (χ0v) is 15.8. The first-order valence-electron chi connectivity index (χ1n) is 9.08. The lowest BCUT2D eigenvalue weighted by Crippen LogP contribution is -2.45. The molecule has 0 radical (unpaired) electrons. The summed E-state index contributed by atoms with van der Waals surface area (Å²) in [5.41, 5.74) is -3.80. The zero-order valence-electron chi connectivity index (χ0n) is 15.8. The standard InChI is InChI=1S/C19H17F4N5O2/c1-26-5-7-27(8-6-26)17-11-9-14(19(21,22)23)28(18(30)15(11)24-10-25-17)16-12(20)3-2-4-13(16)29/h2-4,9-10,29H,5-8H2,1H3. The second kappa shape index (κ2) is 7.24. The third-order valence-corrected chi connectivity index (χ3v) is 5.07. The molecule has 1 aliphatic heterocycles. The van der Waals surface area contributed by atoms with E-state index in [1.165, 1.54) is 0 Å². The van der Waals surface area contributed by atoms with Crippen LogP contribution in [0.25, 0.3) is 16.6 Å². The predicted molar refractivity (Wildman–Crippen MR) is 101 cm³/mol. The fourth-order valence-corrected chi connectivity index (χ4v) is 3.53. The second-order valence-corrected chi connectivity index (χ2v) is 7.03. The van der Waals surface area contributed by atoms with Crippen LogP contribution >= 0.6 is 0 Å². The molecule has 0 amide bonds. The fraction of sp³-hybridized carbons (Fsp3) is 0.316. The number of phenolic OH excluding ortho intramolecular Hbond substituents is 1. The summed E-state index contributed by atoms with van der Waals surface area (Å²) in [6.45, 7) is 2.39. The van der Waals surface area contributed by atoms with Crippen molar-refractivity contribution in [3.05, 3.63) is 52.5 Å². The highest BCUT2D eigenvalue weighted by atomic mass is 19.4. The molecule has 0 aliphatic carbocycles. The molecule has 1 saturated heterocycles. The van der Waals surface area contributed by atoms with Crippen molar-refractivity contribution >= 4 is 16.7 Å². The van der Waals surface area contributed by atoms with Gasteiger partial charge in [0.25, 0.3) is 5.56 Å². The summed E-state index contributed by atoms with van der Waals surface area (Å²) in [6.07, 6.45) is -3.91. The van der Waals surface area contributed by atoms with Gasteiger partial charge in [-0.05, 0) is 25.2 Å². The minimum atomic E-state index is -5.00. The number of halogens is 4. The summed E-state index contributed by atoms with van der Waals surface area (Å²) >= 11 is 0. The van der Waals surface area contributed by atoms with Crippen LogP contribution in [0.1, 0.15) is 5.69 Å². The SMILES string of the molecule is CN1CCN(c2ncnc3c(=O)n(-c4c(O)cccc4F)c(C(F)(F)F)cc23)CC1. The normalized spacial score (nSPS) is 15.7. The Morgan fingerprint density at radius 1 is 1.10 bits per heavy atom. The third-order valence-electron chi connectivity index (χ3n) is 5.07. The smallest absolute Gasteiger partial charge is 0.431 e. The number of phenols is 1. The molecule has 158 valence electrons. The molecule has 4 rings (SSSR count). The van der Waals surface area contributed by atoms with E-state index in [0.29, 0.717) is 26.2 Å². The van der Waals surface area contributed by atoms with Gasteiger partial charge in [0.05, 0.1) is 5.39 Å². The molecule has 1 aliphatic rings. The summed E-state index contributed by atoms with van der Waals surface area (Å²) in [5.74, 6) is -1.76. The third kappa shape index (κ3) is 3.34. The van der Waals surface area contributed by atoms with E-state index in [2.05, 4.69) is 14.9 Å². The summed E-state index contributed by atoms with van der Waals surface area (Å²) in [5, 5.41) is 9.92. The average Bonchev–Trinajstić information content (AvgIpc) is 2.69. The van der Waals surface area contributed by atoms with E-state index in [4.69, 9.17) is 0 Å². The molecule has 0 bridgehead atoms. The first-order valence-corrected chi connectivity index (χ1v) is 9.08. The van der Waals surface area contributed by atoms with Crippen molar-refractivity contribution in [2.45, 2.75) is 6.18 Å². The van der Waals surface area contributed by atoms with Gasteiger partial charge in [0.15, 0.2) is 5.82 Å². The lowest BCUT2D eigenvalue weighted by Gasteiger charge is -2.33. The molecule has 7 nitrogen and oxygen atoms in total. The molecule has 0 spiro atoms. The van der Waals surface area contributed by atoms with E-state index in [1.54, 1.807) is 4.90 Å². The monoisotopic (exact) mass is 423 g/mol. The maximum Gasteiger partial charge on any atom is 0.431 e. The van der Waals surface area contributed by atoms with E-state index in [9.17, 15) is 27.5 Å². The lowest BCUT2D eigenvalue weighted by atomic mass is 10.1. The molecule has 1 fully saturated rings. The van der Waals surface area contributed by atoms with Crippen molar-refractivity contribution < 1.29 is 22.7 Å². The summed E-state index contributed by atoms with van der Waals surface area (Å²) in [7, 11) is 1.93. The molecular weight excluding hydrogens is 406 g/mol. The van der Waals surface area contributed by atoms with Gasteiger partial charge in [-0.15, -0.1) is 0 Å². The number of rotatable bonds is 2. The van der Waals surface area contributed by atoms with Crippen LogP contribution < -0.4 is 10.5 Å². The molecule has 1 aromatic carbocycles. The molecule has 30 heavy (non-hydrogen) atoms. The van der Waals surface area contributed by atoms with Gasteiger partial charge in [-0.2, -0.15) is 13.2 Å². The number of benzene rings is 1. The molecule has 0 atom stereocenters. The number of alkyl halides is 3. The number of hydrogen-bond acceptors (Lipinski definition) is 6. The van der Waals surface area contributed by atoms with E-state index in [1.807, 2.05) is 7.05 Å². The van der Waals surface area contributed by atoms with Gasteiger partial charge in [-0.1, -0.05) is 6.07 Å². The van der Waals surface area contributed by atoms with E-state index in [0.717, 1.165) is 30.6 Å². The molecule has 0 unspecified atom stereocenters. The molecular formula is C19H17F4N5O2. The molecule has 2 aromatic heterocycles. The Balaban J connectivity index is 2.03. The number of pyridine rings is 1. The molecule has 1 N–H and O–H groups in total. The minimum absolute atomic E-state index is 0.0774. The number of para-hydroxylation sites is 1. The van der Waals surface area contributed by atoms with Crippen LogP contribution in [-0.4, -0.2) is 57.8 Å². The second-order valence-electron chi connectivity index (χ2n) is 7.03. The van der Waals surface area contributed by atoms with Gasteiger partial charge in [0.1, 0.15) is 34.8 Å². The fourth-order valence-electron chi connectivity index (χ4n) is 3.53. The number of nitrogens with zero attached hydrogens (tertiary/aromatic N) is 5. The first kappa shape index (κ1) is 20.1. The predicted octanol–water partition coefficient (Wildman–Crippen LogP) is 2.40. The van der Waals surface area contributed by atoms with Gasteiger partial charge >= 0.3 is 6.18 Å². The lowest BCUT2D eigenvalue weighted by molar-refractivity contribution is -0.142. The number of aromatic hydroxyl groups is 1. The topological polar surface area (TPSA) is 74.5 Å². The Kier molecular flexibility index (Phi) is 4.85. The van der Waals surface area contributed by atoms with Crippen molar-refractivity contribution in [2.24, 2.45) is 0 Å². The zero-order chi connectivity index (χ0) is 21.6. The van der Waals surface area contributed by atoms with E-state index in [-0.39, 0.29) is 21.3 Å². The number of hydrogen-bond donors (Lipinski definition) is 1. The largest absolute Gasteiger partial charge is 0.506 e. The van der Waals surface area contributed by atoms with Crippen molar-refractivity contribution in [3.8, 4) is 11.4 Å². The quantitative estimate of drug-likeness (QED) is 0.639. The maximum absolute atomic E-state index is 14.4. The van der Waals surface area contributed by atoms with Gasteiger partial charge < -0.3 is 14.9 Å². The summed E-state index contributed by atoms with van der Waals surface area (Å²) in [6, 6.07) is 3.73. The summed E-state index contributed by atoms with van der Waals surface area (Å²) in [4.78, 5) is 24.9. The number of likely N-dealkylation sites (N-methyl/N-ethyl adjacent to an activating group) is 1. The Hall–Kier alpha value is -3.21. The van der Waals surface area contributed by atoms with Gasteiger partial charge in [-0.3, -0.25) is 9.36 Å². The van der Waals surface area contributed by atoms with Crippen molar-refractivity contribution in [1.29, 1.82) is 0 Å². The van der Waals surface area contributed by atoms with Gasteiger partial charge in [-0.25, -0.2) is 14.4 Å². The Morgan fingerprint density at radius 2 is 1.80 bits per heavy atom. The van der Waals surface area contributed by atoms with Gasteiger partial charge in [0.2, 0.25) is 0 Å². The van der Waals surface area contributed by atoms with Crippen LogP contribution in [0.2, 0.25) is 0 Å². The van der Waals surface area contributed by atoms with Crippen LogP contribution in [0.5, 0.6) is 5.75 Å². The highest BCUT2D eigenvalue weighted by Crippen LogP contribution is 2.36. The Labute approximate surface area is 167 Å². The van der Waals surface area contributed by atoms with Crippen molar-refractivity contribution in [3.63, 3.8) is 0 Å². The van der Waals surface area contributed by atoms with Crippen LogP contribution in [0.3, 0.4) is 0 Å². The van der Waals surface area contributed by atoms with Crippen molar-refractivity contribution in [1.82, 2.24) is 19.4 Å². The highest BCUT2D eigenvalue weighted by Gasteiger charge is 2.37. The van der Waals surface area contributed by atoms with Gasteiger partial charge in [0, 0.05) is 26.2 Å². The number of fused-ring (bicyclic) bond motifs is 1. The minimum Gasteiger partial charge on any atom is -0.506 e. The first-order chi connectivity index (χ1) is 14.2. The molecule has 0 saturated carbocycles. The summed E-state index contributed by atoms with van der Waals surface area (Å²) < 4.78 is 56.2. The molecule has 3 heterocycles. The van der Waals surface area contributed by atoms with Crippen LogP contribution in [0.4, 0.5) is 23.4 Å². The number of anilines is 1. The Bertz CT molecular complexity index is 1150. The molecule has 11 heteroatoms. The van der Waals surface area contributed by atoms with Crippen LogP contribution in [0.15, 0.2) is 35.4 Å². The number of piperazine rings is 1. The van der Waals surface area contributed by atoms with E-state index >= 15 is 0 Å². The van der Waals surface area contributed by atoms with Crippen LogP contribution in [0, 0.1) is 5.82 Å². The maximum atomic E-state index is 14.4. The highest BCUT2D eigenvalue weighted by molar-refractivity contribution is 5.89. The Morgan fingerprint density at radius 3 is 2.43 bits per heavy atom. The average molecular weight is 423 g/mol. The van der Waals surface area contributed by atoms with E-state index < -0.39 is 34.7 Å².